The van der Waals surface area contributed by atoms with Crippen molar-refractivity contribution in [1.82, 2.24) is 4.90 Å². The van der Waals surface area contributed by atoms with Crippen molar-refractivity contribution < 1.29 is 19.5 Å². The Labute approximate surface area is 123 Å². The van der Waals surface area contributed by atoms with E-state index >= 15 is 0 Å². The second-order valence-electron chi connectivity index (χ2n) is 5.86. The minimum atomic E-state index is -0.905. The van der Waals surface area contributed by atoms with Crippen molar-refractivity contribution in [2.45, 2.75) is 26.7 Å². The van der Waals surface area contributed by atoms with Crippen molar-refractivity contribution in [3.8, 4) is 0 Å². The molecule has 1 N–H and O–H groups in total. The van der Waals surface area contributed by atoms with E-state index in [2.05, 4.69) is 0 Å². The average Bonchev–Trinajstić information content (AvgIpc) is 2.63. The topological polar surface area (TPSA) is 74.7 Å². The van der Waals surface area contributed by atoms with Crippen LogP contribution in [0.15, 0.2) is 24.3 Å². The summed E-state index contributed by atoms with van der Waals surface area (Å²) in [6, 6.07) is 6.70. The van der Waals surface area contributed by atoms with Crippen LogP contribution in [0.2, 0.25) is 0 Å². The van der Waals surface area contributed by atoms with E-state index in [4.69, 9.17) is 5.11 Å². The van der Waals surface area contributed by atoms with Gasteiger partial charge in [0.15, 0.2) is 0 Å². The molecule has 5 heteroatoms. The molecule has 1 heterocycles. The maximum atomic E-state index is 12.3. The molecule has 1 aromatic carbocycles. The van der Waals surface area contributed by atoms with Gasteiger partial charge in [-0.1, -0.05) is 26.0 Å². The number of fused-ring (bicyclic) bond motifs is 1. The number of aliphatic carboxylic acids is 1. The highest BCUT2D eigenvalue weighted by atomic mass is 16.4. The van der Waals surface area contributed by atoms with Crippen molar-refractivity contribution in [3.05, 3.63) is 35.4 Å². The third kappa shape index (κ3) is 3.29. The van der Waals surface area contributed by atoms with Gasteiger partial charge in [-0.2, -0.15) is 0 Å². The van der Waals surface area contributed by atoms with Crippen molar-refractivity contribution >= 4 is 17.8 Å². The quantitative estimate of drug-likeness (QED) is 0.816. The second-order valence-corrected chi connectivity index (χ2v) is 5.86. The van der Waals surface area contributed by atoms with E-state index in [-0.39, 0.29) is 30.7 Å². The van der Waals surface area contributed by atoms with E-state index in [9.17, 15) is 14.4 Å². The number of hydrogen-bond acceptors (Lipinski definition) is 3. The molecule has 1 aromatic rings. The summed E-state index contributed by atoms with van der Waals surface area (Å²) in [5.74, 6) is -1.46. The van der Waals surface area contributed by atoms with Gasteiger partial charge in [-0.3, -0.25) is 19.3 Å². The molecule has 0 aliphatic carbocycles. The fourth-order valence-electron chi connectivity index (χ4n) is 2.80. The van der Waals surface area contributed by atoms with Crippen LogP contribution in [0.4, 0.5) is 0 Å². The molecule has 0 saturated carbocycles. The van der Waals surface area contributed by atoms with Crippen LogP contribution in [0.25, 0.3) is 0 Å². The Morgan fingerprint density at radius 2 is 1.67 bits per heavy atom. The number of amides is 2. The van der Waals surface area contributed by atoms with Crippen LogP contribution in [-0.2, 0) is 4.79 Å². The third-order valence-electron chi connectivity index (χ3n) is 3.59. The van der Waals surface area contributed by atoms with E-state index in [1.807, 2.05) is 13.8 Å². The Balaban J connectivity index is 2.17. The lowest BCUT2D eigenvalue weighted by atomic mass is 9.93. The van der Waals surface area contributed by atoms with Gasteiger partial charge in [0.1, 0.15) is 0 Å². The fourth-order valence-corrected chi connectivity index (χ4v) is 2.80. The summed E-state index contributed by atoms with van der Waals surface area (Å²) in [5, 5.41) is 8.99. The highest BCUT2D eigenvalue weighted by Gasteiger charge is 2.36. The number of nitrogens with zero attached hydrogens (tertiary/aromatic N) is 1. The zero-order valence-corrected chi connectivity index (χ0v) is 12.2. The smallest absolute Gasteiger partial charge is 0.303 e. The van der Waals surface area contributed by atoms with Gasteiger partial charge in [0.2, 0.25) is 0 Å². The molecule has 1 aliphatic heterocycles. The standard InChI is InChI=1S/C16H19NO4/c1-10(2)7-11(8-14(18)19)9-17-15(20)12-5-3-4-6-13(12)16(17)21/h3-6,10-11H,7-9H2,1-2H3,(H,18,19)/t11-/m0/s1. The average molecular weight is 289 g/mol. The maximum Gasteiger partial charge on any atom is 0.303 e. The molecule has 0 fully saturated rings. The van der Waals surface area contributed by atoms with Gasteiger partial charge in [-0.05, 0) is 30.4 Å². The first-order chi connectivity index (χ1) is 9.90. The number of rotatable bonds is 6. The summed E-state index contributed by atoms with van der Waals surface area (Å²) >= 11 is 0. The van der Waals surface area contributed by atoms with Crippen molar-refractivity contribution in [2.75, 3.05) is 6.54 Å². The number of carbonyl (C=O) groups excluding carboxylic acids is 2. The van der Waals surface area contributed by atoms with Crippen LogP contribution < -0.4 is 0 Å². The second kappa shape index (κ2) is 6.08. The predicted octanol–water partition coefficient (Wildman–Crippen LogP) is 2.42. The highest BCUT2D eigenvalue weighted by molar-refractivity contribution is 6.21. The molecule has 5 nitrogen and oxygen atoms in total. The predicted molar refractivity (Wildman–Crippen MR) is 77.0 cm³/mol. The van der Waals surface area contributed by atoms with Gasteiger partial charge in [-0.15, -0.1) is 0 Å². The lowest BCUT2D eigenvalue weighted by Gasteiger charge is -2.22. The molecule has 0 spiro atoms. The molecule has 2 rings (SSSR count). The Bertz CT molecular complexity index is 544. The molecule has 0 saturated heterocycles. The summed E-state index contributed by atoms with van der Waals surface area (Å²) in [6.45, 7) is 4.16. The molecule has 1 aliphatic rings. The fraction of sp³-hybridized carbons (Fsp3) is 0.438. The molecule has 112 valence electrons. The molecule has 21 heavy (non-hydrogen) atoms. The number of imide groups is 1. The van der Waals surface area contributed by atoms with E-state index in [0.29, 0.717) is 23.5 Å². The lowest BCUT2D eigenvalue weighted by Crippen LogP contribution is -2.35. The summed E-state index contributed by atoms with van der Waals surface area (Å²) in [7, 11) is 0. The van der Waals surface area contributed by atoms with Crippen LogP contribution >= 0.6 is 0 Å². The number of hydrogen-bond donors (Lipinski definition) is 1. The number of carbonyl (C=O) groups is 3. The van der Waals surface area contributed by atoms with Gasteiger partial charge in [0.05, 0.1) is 11.1 Å². The van der Waals surface area contributed by atoms with E-state index < -0.39 is 5.97 Å². The van der Waals surface area contributed by atoms with Crippen LogP contribution in [0, 0.1) is 11.8 Å². The molecule has 0 unspecified atom stereocenters. The Kier molecular flexibility index (Phi) is 4.40. The van der Waals surface area contributed by atoms with Crippen LogP contribution in [-0.4, -0.2) is 34.3 Å². The van der Waals surface area contributed by atoms with E-state index in [0.717, 1.165) is 0 Å². The van der Waals surface area contributed by atoms with Gasteiger partial charge in [-0.25, -0.2) is 0 Å². The third-order valence-corrected chi connectivity index (χ3v) is 3.59. The summed E-state index contributed by atoms with van der Waals surface area (Å²) in [5.41, 5.74) is 0.808. The zero-order chi connectivity index (χ0) is 15.6. The Hall–Kier alpha value is -2.17. The van der Waals surface area contributed by atoms with Gasteiger partial charge in [0.25, 0.3) is 11.8 Å². The van der Waals surface area contributed by atoms with Crippen LogP contribution in [0.1, 0.15) is 47.4 Å². The van der Waals surface area contributed by atoms with Gasteiger partial charge in [0, 0.05) is 13.0 Å². The molecular weight excluding hydrogens is 270 g/mol. The molecule has 2 amide bonds. The first-order valence-corrected chi connectivity index (χ1v) is 7.07. The molecule has 1 atom stereocenters. The molecule has 0 aromatic heterocycles. The maximum absolute atomic E-state index is 12.3. The van der Waals surface area contributed by atoms with Crippen molar-refractivity contribution in [1.29, 1.82) is 0 Å². The van der Waals surface area contributed by atoms with Crippen molar-refractivity contribution in [3.63, 3.8) is 0 Å². The molecule has 0 radical (unpaired) electrons. The van der Waals surface area contributed by atoms with Gasteiger partial charge < -0.3 is 5.11 Å². The highest BCUT2D eigenvalue weighted by Crippen LogP contribution is 2.26. The van der Waals surface area contributed by atoms with E-state index in [1.54, 1.807) is 24.3 Å². The Morgan fingerprint density at radius 3 is 2.10 bits per heavy atom. The van der Waals surface area contributed by atoms with Crippen LogP contribution in [0.3, 0.4) is 0 Å². The summed E-state index contributed by atoms with van der Waals surface area (Å²) in [6.07, 6.45) is 0.630. The first-order valence-electron chi connectivity index (χ1n) is 7.07. The largest absolute Gasteiger partial charge is 0.481 e. The number of benzene rings is 1. The SMILES string of the molecule is CC(C)C[C@@H](CC(=O)O)CN1C(=O)c2ccccc2C1=O. The lowest BCUT2D eigenvalue weighted by molar-refractivity contribution is -0.138. The Morgan fingerprint density at radius 1 is 1.14 bits per heavy atom. The first kappa shape index (κ1) is 15.2. The minimum absolute atomic E-state index is 0.0361. The molecular formula is C16H19NO4. The van der Waals surface area contributed by atoms with E-state index in [1.165, 1.54) is 4.90 Å². The number of carboxylic acid groups (broad SMARTS) is 1. The summed E-state index contributed by atoms with van der Waals surface area (Å²) in [4.78, 5) is 36.7. The minimum Gasteiger partial charge on any atom is -0.481 e. The number of carboxylic acids is 1. The zero-order valence-electron chi connectivity index (χ0n) is 12.2. The molecule has 0 bridgehead atoms. The van der Waals surface area contributed by atoms with Crippen molar-refractivity contribution in [2.24, 2.45) is 11.8 Å². The normalized spacial score (nSPS) is 15.5. The monoisotopic (exact) mass is 289 g/mol. The van der Waals surface area contributed by atoms with Crippen LogP contribution in [0.5, 0.6) is 0 Å². The summed E-state index contributed by atoms with van der Waals surface area (Å²) < 4.78 is 0. The van der Waals surface area contributed by atoms with Gasteiger partial charge >= 0.3 is 5.97 Å².